The van der Waals surface area contributed by atoms with E-state index in [1.807, 2.05) is 18.2 Å². The Balaban J connectivity index is 1.08. The summed E-state index contributed by atoms with van der Waals surface area (Å²) >= 11 is 0. The minimum absolute atomic E-state index is 0.00981. The minimum atomic E-state index is -4.49. The number of ether oxygens (including phenoxy) is 1. The second kappa shape index (κ2) is 37.9. The Morgan fingerprint density at radius 2 is 1.14 bits per heavy atom. The third-order valence-electron chi connectivity index (χ3n) is 14.7. The van der Waals surface area contributed by atoms with Gasteiger partial charge in [0, 0.05) is 121 Å². The highest BCUT2D eigenvalue weighted by Gasteiger charge is 2.31. The van der Waals surface area contributed by atoms with Crippen LogP contribution in [0.25, 0.3) is 10.9 Å². The number of carboxylic acid groups (broad SMARTS) is 6. The van der Waals surface area contributed by atoms with Gasteiger partial charge in [-0.1, -0.05) is 6.07 Å². The van der Waals surface area contributed by atoms with Crippen molar-refractivity contribution < 1.29 is 96.5 Å². The smallest absolute Gasteiger partial charge is 0.323 e. The van der Waals surface area contributed by atoms with Crippen molar-refractivity contribution in [2.75, 3.05) is 117 Å². The van der Waals surface area contributed by atoms with Gasteiger partial charge in [-0.15, -0.1) is 0 Å². The lowest BCUT2D eigenvalue weighted by Gasteiger charge is -2.33. The van der Waals surface area contributed by atoms with Gasteiger partial charge in [0.05, 0.1) is 49.4 Å². The van der Waals surface area contributed by atoms with Gasteiger partial charge in [-0.3, -0.25) is 77.0 Å². The molecule has 1 fully saturated rings. The van der Waals surface area contributed by atoms with Crippen LogP contribution >= 0.6 is 0 Å². The maximum atomic E-state index is 13.7. The molecule has 1 aliphatic heterocycles. The summed E-state index contributed by atoms with van der Waals surface area (Å²) in [4.78, 5) is 148. The number of carbonyl (C=O) groups excluding carboxylic acids is 5. The number of pyridine rings is 1. The van der Waals surface area contributed by atoms with E-state index < -0.39 is 145 Å². The molecule has 0 spiro atoms. The number of anilines is 1. The molecule has 94 heavy (non-hydrogen) atoms. The molecule has 35 heteroatoms. The van der Waals surface area contributed by atoms with Crippen LogP contribution in [0.1, 0.15) is 66.4 Å². The molecule has 5 rings (SSSR count). The Bertz CT molecular complexity index is 3360. The van der Waals surface area contributed by atoms with Crippen LogP contribution in [-0.2, 0) is 64.5 Å². The number of hydrogen-bond donors (Lipinski definition) is 13. The van der Waals surface area contributed by atoms with E-state index >= 15 is 0 Å². The Morgan fingerprint density at radius 3 is 1.67 bits per heavy atom. The van der Waals surface area contributed by atoms with Crippen LogP contribution in [0.2, 0.25) is 0 Å². The number of nitrogens with one attached hydrogen (secondary N) is 7. The molecule has 2 aromatic heterocycles. The third-order valence-corrected chi connectivity index (χ3v) is 16.5. The number of carboxylic acids is 6. The molecule has 1 unspecified atom stereocenters. The van der Waals surface area contributed by atoms with Gasteiger partial charge in [-0.25, -0.2) is 13.4 Å². The molecule has 4 aromatic rings. The second-order valence-electron chi connectivity index (χ2n) is 22.2. The highest BCUT2D eigenvalue weighted by atomic mass is 32.2. The number of rotatable bonds is 38. The fourth-order valence-electron chi connectivity index (χ4n) is 10.1. The normalized spacial score (nSPS) is 14.8. The van der Waals surface area contributed by atoms with Crippen LogP contribution < -0.4 is 41.4 Å². The molecule has 1 saturated heterocycles. The van der Waals surface area contributed by atoms with Gasteiger partial charge < -0.3 is 67.3 Å². The molecule has 3 atom stereocenters. The number of fused-ring (bicyclic) bond motifs is 1. The summed E-state index contributed by atoms with van der Waals surface area (Å²) < 4.78 is 37.2. The number of hydrogen-bond acceptors (Lipinski definition) is 21. The summed E-state index contributed by atoms with van der Waals surface area (Å²) in [5.74, 6) is -10.5. The van der Waals surface area contributed by atoms with Gasteiger partial charge in [0.15, 0.2) is 0 Å². The lowest BCUT2D eigenvalue weighted by atomic mass is 10.1. The van der Waals surface area contributed by atoms with Crippen LogP contribution in [-0.4, -0.2) is 268 Å². The van der Waals surface area contributed by atoms with Crippen molar-refractivity contribution in [2.24, 2.45) is 0 Å². The number of aryl methyl sites for hydroxylation is 3. The van der Waals surface area contributed by atoms with Crippen molar-refractivity contribution in [3.8, 4) is 5.75 Å². The summed E-state index contributed by atoms with van der Waals surface area (Å²) in [5, 5.41) is 78.3. The van der Waals surface area contributed by atoms with E-state index in [0.29, 0.717) is 18.5 Å². The summed E-state index contributed by atoms with van der Waals surface area (Å²) in [5.41, 5.74) is 1.39. The molecule has 1 aliphatic rings. The maximum Gasteiger partial charge on any atom is 0.323 e. The number of benzene rings is 2. The number of nitrogens with zero attached hydrogens (tertiary/aromatic N) is 7. The van der Waals surface area contributed by atoms with Gasteiger partial charge in [-0.05, 0) is 93.1 Å². The fourth-order valence-corrected chi connectivity index (χ4v) is 11.7. The van der Waals surface area contributed by atoms with Crippen molar-refractivity contribution in [2.45, 2.75) is 88.4 Å². The average molecular weight is 1340 g/mol. The molecule has 3 heterocycles. The molecule has 0 bridgehead atoms. The van der Waals surface area contributed by atoms with Crippen LogP contribution in [0.4, 0.5) is 5.82 Å². The molecule has 5 amide bonds. The first-order valence-corrected chi connectivity index (χ1v) is 31.6. The van der Waals surface area contributed by atoms with Gasteiger partial charge in [0.25, 0.3) is 5.91 Å². The summed E-state index contributed by atoms with van der Waals surface area (Å²) in [6.45, 7) is 2.28. The second-order valence-corrected chi connectivity index (χ2v) is 23.8. The highest BCUT2D eigenvalue weighted by molar-refractivity contribution is 7.89. The topological polar surface area (TPSA) is 480 Å². The standard InChI is InChI=1S/C59H82N14O20S/c1-38-29-42(30-39(2)55(38)94(91,92)68-45(59(89)90)33-64-56(86)40-9-12-46-41(31-40)32-65-73(46)19-6-16-61-47-7-3-4-15-60-47)93-28-5-8-48(74)62-17-18-63-57(87)43(10-13-50(76)77)67-58(88)44(11-14-51(78)79)66-49(75)34-69-20-22-70(35-52(80)81)24-26-72(37-54(84)85)27-25-71(23-21-69)36-53(82)83/h3-4,7,9,12,15,29-32,43-45,68H,5-6,8,10-11,13-14,16-28,33-37H2,1-2H3,(H,60,61)(H,62,74)(H,63,87)(H,64,86)(H,66,75)(H,67,88)(H,76,77)(H,78,79)(H,80,81)(H,82,83)(H,84,85)(H,89,90)/t43?,44-,45-/m0/s1. The van der Waals surface area contributed by atoms with E-state index in [1.165, 1.54) is 35.8 Å². The van der Waals surface area contributed by atoms with Gasteiger partial charge >= 0.3 is 35.8 Å². The van der Waals surface area contributed by atoms with E-state index in [1.54, 1.807) is 45.1 Å². The van der Waals surface area contributed by atoms with Crippen molar-refractivity contribution in [1.82, 2.24) is 65.7 Å². The molecular weight excluding hydrogens is 1260 g/mol. The minimum Gasteiger partial charge on any atom is -0.494 e. The average Bonchev–Trinajstić information content (AvgIpc) is 0.995. The molecule has 0 radical (unpaired) electrons. The lowest BCUT2D eigenvalue weighted by Crippen LogP contribution is -2.55. The van der Waals surface area contributed by atoms with Crippen molar-refractivity contribution >= 4 is 92.1 Å². The lowest BCUT2D eigenvalue weighted by molar-refractivity contribution is -0.140. The molecule has 2 aromatic carbocycles. The van der Waals surface area contributed by atoms with Crippen LogP contribution in [0.15, 0.2) is 65.8 Å². The Morgan fingerprint density at radius 1 is 0.585 bits per heavy atom. The SMILES string of the molecule is Cc1cc(OCCCC(=O)NCCNC(=O)C(CCC(=O)O)NC(=O)[C@H](CCC(=O)O)NC(=O)CN2CCN(CC(=O)O)CCN(CC(=O)O)CCN(CC(=O)O)CC2)cc(C)c1S(=O)(=O)N[C@@H](CNC(=O)c1ccc2c(cnn2CCCNc2ccccn2)c1)C(=O)O. The van der Waals surface area contributed by atoms with E-state index in [2.05, 4.69) is 46.7 Å². The molecule has 0 saturated carbocycles. The summed E-state index contributed by atoms with van der Waals surface area (Å²) in [6, 6.07) is 8.43. The molecule has 13 N–H and O–H groups in total. The molecule has 514 valence electrons. The summed E-state index contributed by atoms with van der Waals surface area (Å²) in [7, 11) is -4.49. The zero-order valence-electron chi connectivity index (χ0n) is 52.1. The van der Waals surface area contributed by atoms with Crippen molar-refractivity contribution in [3.63, 3.8) is 0 Å². The van der Waals surface area contributed by atoms with E-state index in [0.717, 1.165) is 17.8 Å². The number of amides is 5. The first kappa shape index (κ1) is 75.3. The van der Waals surface area contributed by atoms with E-state index in [4.69, 9.17) is 4.74 Å². The van der Waals surface area contributed by atoms with Gasteiger partial charge in [0.2, 0.25) is 33.7 Å². The zero-order valence-corrected chi connectivity index (χ0v) is 52.9. The highest BCUT2D eigenvalue weighted by Crippen LogP contribution is 2.27. The fraction of sp³-hybridized carbons (Fsp3) is 0.508. The summed E-state index contributed by atoms with van der Waals surface area (Å²) in [6.07, 6.45) is 1.99. The van der Waals surface area contributed by atoms with Gasteiger partial charge in [0.1, 0.15) is 29.7 Å². The Hall–Kier alpha value is -9.42. The Kier molecular flexibility index (Phi) is 30.4. The van der Waals surface area contributed by atoms with Gasteiger partial charge in [-0.2, -0.15) is 9.82 Å². The predicted octanol–water partition coefficient (Wildman–Crippen LogP) is -1.72. The van der Waals surface area contributed by atoms with Crippen LogP contribution in [0, 0.1) is 13.8 Å². The van der Waals surface area contributed by atoms with Crippen molar-refractivity contribution in [3.05, 3.63) is 77.6 Å². The maximum absolute atomic E-state index is 13.7. The third kappa shape index (κ3) is 26.7. The zero-order chi connectivity index (χ0) is 68.9. The van der Waals surface area contributed by atoms with E-state index in [-0.39, 0.29) is 119 Å². The monoisotopic (exact) mass is 1340 g/mol. The number of aromatic nitrogens is 3. The Labute approximate surface area is 540 Å². The van der Waals surface area contributed by atoms with Crippen LogP contribution in [0.5, 0.6) is 5.75 Å². The van der Waals surface area contributed by atoms with E-state index in [9.17, 15) is 91.8 Å². The first-order valence-electron chi connectivity index (χ1n) is 30.2. The predicted molar refractivity (Wildman–Crippen MR) is 334 cm³/mol. The number of aliphatic carboxylic acids is 6. The van der Waals surface area contributed by atoms with Crippen LogP contribution in [0.3, 0.4) is 0 Å². The van der Waals surface area contributed by atoms with Crippen molar-refractivity contribution in [1.29, 1.82) is 0 Å². The molecular formula is C59H82N14O20S. The largest absolute Gasteiger partial charge is 0.494 e. The molecule has 34 nitrogen and oxygen atoms in total. The number of carbonyl (C=O) groups is 11. The number of sulfonamides is 1. The quantitative estimate of drug-likeness (QED) is 0.0222. The molecule has 0 aliphatic carbocycles. The first-order chi connectivity index (χ1) is 44.6.